The molecular weight excluding hydrogens is 758 g/mol. The molecule has 2 saturated carbocycles. The van der Waals surface area contributed by atoms with Crippen molar-refractivity contribution in [2.45, 2.75) is 129 Å². The van der Waals surface area contributed by atoms with Gasteiger partial charge >= 0.3 is 47.8 Å². The second kappa shape index (κ2) is 15.3. The number of hydrogen-bond donors (Lipinski definition) is 1. The van der Waals surface area contributed by atoms with E-state index in [9.17, 15) is 43.5 Å². The van der Waals surface area contributed by atoms with Gasteiger partial charge in [0.2, 0.25) is 0 Å². The van der Waals surface area contributed by atoms with Gasteiger partial charge in [-0.05, 0) is 26.0 Å². The molecule has 1 N–H and O–H groups in total. The van der Waals surface area contributed by atoms with Crippen LogP contribution in [0.4, 0.5) is 0 Å². The third kappa shape index (κ3) is 6.97. The number of aromatic nitrogens is 1. The molecule has 1 aromatic rings. The van der Waals surface area contributed by atoms with Crippen LogP contribution in [0.5, 0.6) is 0 Å². The lowest BCUT2D eigenvalue weighted by Gasteiger charge is -2.67. The fourth-order valence-electron chi connectivity index (χ4n) is 9.25. The van der Waals surface area contributed by atoms with E-state index < -0.39 is 138 Å². The van der Waals surface area contributed by atoms with Crippen LogP contribution in [0.3, 0.4) is 0 Å². The van der Waals surface area contributed by atoms with E-state index in [1.54, 1.807) is 6.92 Å². The summed E-state index contributed by atoms with van der Waals surface area (Å²) < 4.78 is 54.3. The molecule has 1 spiro atoms. The molecule has 0 aromatic carbocycles. The average molecular weight is 806 g/mol. The number of carbonyl (C=O) groups is 8. The minimum Gasteiger partial charge on any atom is -0.465 e. The number of aliphatic hydroxyl groups is 1. The van der Waals surface area contributed by atoms with E-state index in [0.717, 1.165) is 48.5 Å². The van der Waals surface area contributed by atoms with Crippen LogP contribution in [0, 0.1) is 17.3 Å². The molecule has 3 heterocycles. The Hall–Kier alpha value is -5.17. The summed E-state index contributed by atoms with van der Waals surface area (Å²) in [5.74, 6) is -11.6. The zero-order valence-corrected chi connectivity index (χ0v) is 33.2. The number of fused-ring (bicyclic) bond motifs is 5. The monoisotopic (exact) mass is 805 g/mol. The van der Waals surface area contributed by atoms with Gasteiger partial charge in [-0.25, -0.2) is 4.79 Å². The lowest BCUT2D eigenvalue weighted by Crippen LogP contribution is -2.89. The van der Waals surface area contributed by atoms with Crippen molar-refractivity contribution >= 4 is 47.8 Å². The number of hydrogen-bond acceptors (Lipinski definition) is 19. The van der Waals surface area contributed by atoms with Gasteiger partial charge < -0.3 is 47.7 Å². The first-order valence-electron chi connectivity index (χ1n) is 18.2. The average Bonchev–Trinajstić information content (AvgIpc) is 3.32. The molecule has 5 rings (SSSR count). The van der Waals surface area contributed by atoms with Crippen LogP contribution in [0.25, 0.3) is 0 Å². The Morgan fingerprint density at radius 1 is 0.772 bits per heavy atom. The van der Waals surface area contributed by atoms with Gasteiger partial charge in [-0.3, -0.25) is 38.5 Å². The molecule has 0 amide bonds. The van der Waals surface area contributed by atoms with Crippen molar-refractivity contribution in [3.05, 3.63) is 29.6 Å². The fraction of sp³-hybridized carbons (Fsp3) is 0.658. The van der Waals surface area contributed by atoms with Crippen LogP contribution in [0.2, 0.25) is 0 Å². The first-order chi connectivity index (χ1) is 26.5. The highest BCUT2D eigenvalue weighted by Gasteiger charge is 2.92. The maximum Gasteiger partial charge on any atom is 0.340 e. The summed E-state index contributed by atoms with van der Waals surface area (Å²) in [5, 5.41) is 13.4. The number of rotatable bonds is 7. The van der Waals surface area contributed by atoms with Gasteiger partial charge in [0.25, 0.3) is 0 Å². The molecule has 312 valence electrons. The van der Waals surface area contributed by atoms with Gasteiger partial charge in [-0.2, -0.15) is 0 Å². The number of carbonyl (C=O) groups excluding carboxylic acids is 8. The summed E-state index contributed by atoms with van der Waals surface area (Å²) in [6.45, 7) is 9.67. The number of cyclic esters (lactones) is 1. The smallest absolute Gasteiger partial charge is 0.340 e. The summed E-state index contributed by atoms with van der Waals surface area (Å²) in [5.41, 5.74) is -10.1. The van der Waals surface area contributed by atoms with Gasteiger partial charge in [0, 0.05) is 53.7 Å². The van der Waals surface area contributed by atoms with Crippen LogP contribution >= 0.6 is 0 Å². The van der Waals surface area contributed by atoms with Crippen molar-refractivity contribution in [2.24, 2.45) is 17.3 Å². The molecule has 19 nitrogen and oxygen atoms in total. The summed E-state index contributed by atoms with van der Waals surface area (Å²) in [7, 11) is 0. The molecule has 1 aromatic heterocycles. The van der Waals surface area contributed by atoms with E-state index in [2.05, 4.69) is 4.98 Å². The van der Waals surface area contributed by atoms with E-state index in [-0.39, 0.29) is 11.3 Å². The molecule has 13 atom stereocenters. The van der Waals surface area contributed by atoms with Crippen LogP contribution in [-0.4, -0.2) is 124 Å². The topological polar surface area (TPSA) is 253 Å². The Bertz CT molecular complexity index is 1860. The Morgan fingerprint density at radius 3 is 1.84 bits per heavy atom. The number of nitrogens with zero attached hydrogens (tertiary/aromatic N) is 1. The predicted octanol–water partition coefficient (Wildman–Crippen LogP) is 1.03. The largest absolute Gasteiger partial charge is 0.465 e. The Kier molecular flexibility index (Phi) is 11.5. The molecule has 0 radical (unpaired) electrons. The van der Waals surface area contributed by atoms with Crippen molar-refractivity contribution in [3.63, 3.8) is 0 Å². The summed E-state index contributed by atoms with van der Waals surface area (Å²) in [6.07, 6.45) is -10.5. The standard InChI is InChI=1S/C38H47NO18/c1-16-17(2)33(46)56-30-28(52-20(5)42)32(55-23(8)45)37(15-49-18(3)40)31(54-22(7)44)27(51-19(4)41)25-29(53-21(6)43)38(37,36(30,10)48)57-35(25,9)14-50-34(47)24-12-11-13-39-26(16)24/h11-13,16-17,25,27-32,48H,14-15H2,1-10H3/t16-,17-,25?,27+,28+,29-,30+,31+,32+,35-,36+,37-,38?/m1/s1. The van der Waals surface area contributed by atoms with Crippen molar-refractivity contribution < 1.29 is 86.1 Å². The minimum atomic E-state index is -2.82. The lowest BCUT2D eigenvalue weighted by molar-refractivity contribution is -0.387. The Labute approximate surface area is 327 Å². The SMILES string of the molecule is CC(=O)OC[C@@]12[C@@H](OC(C)=O)[C@@H](OC(C)=O)[C@@H]3OC(=O)[C@H](C)[C@@H](C)c4ncccc4C(=O)OC[C@@]4(C)OC1([C@H](OC(C)=O)C4[C@H](OC(C)=O)[C@@H]2OC(C)=O)[C@@]3(C)O. The van der Waals surface area contributed by atoms with E-state index in [1.807, 2.05) is 0 Å². The maximum atomic E-state index is 14.3. The van der Waals surface area contributed by atoms with E-state index in [0.29, 0.717) is 0 Å². The predicted molar refractivity (Wildman–Crippen MR) is 185 cm³/mol. The zero-order valence-electron chi connectivity index (χ0n) is 33.2. The summed E-state index contributed by atoms with van der Waals surface area (Å²) >= 11 is 0. The highest BCUT2D eigenvalue weighted by molar-refractivity contribution is 5.91. The van der Waals surface area contributed by atoms with Crippen molar-refractivity contribution in [3.8, 4) is 0 Å². The third-order valence-electron chi connectivity index (χ3n) is 11.4. The minimum absolute atomic E-state index is 0.0422. The molecule has 2 aliphatic heterocycles. The highest BCUT2D eigenvalue weighted by Crippen LogP contribution is 2.70. The maximum absolute atomic E-state index is 14.3. The van der Waals surface area contributed by atoms with Crippen molar-refractivity contribution in [1.82, 2.24) is 4.98 Å². The first-order valence-corrected chi connectivity index (χ1v) is 18.2. The Morgan fingerprint density at radius 2 is 1.30 bits per heavy atom. The lowest BCUT2D eigenvalue weighted by atomic mass is 9.45. The fourth-order valence-corrected chi connectivity index (χ4v) is 9.25. The second-order valence-corrected chi connectivity index (χ2v) is 15.3. The molecule has 2 aliphatic carbocycles. The van der Waals surface area contributed by atoms with Crippen LogP contribution < -0.4 is 0 Å². The zero-order chi connectivity index (χ0) is 42.6. The molecule has 57 heavy (non-hydrogen) atoms. The van der Waals surface area contributed by atoms with Crippen molar-refractivity contribution in [2.75, 3.05) is 13.2 Å². The molecule has 4 bridgehead atoms. The molecule has 1 saturated heterocycles. The van der Waals surface area contributed by atoms with Crippen LogP contribution in [0.1, 0.15) is 91.2 Å². The van der Waals surface area contributed by atoms with E-state index in [1.165, 1.54) is 32.2 Å². The van der Waals surface area contributed by atoms with Gasteiger partial charge in [0.05, 0.1) is 23.1 Å². The quantitative estimate of drug-likeness (QED) is 0.298. The van der Waals surface area contributed by atoms with Crippen LogP contribution in [0.15, 0.2) is 18.3 Å². The normalized spacial score (nSPS) is 38.2. The molecule has 19 heteroatoms. The number of esters is 8. The second-order valence-electron chi connectivity index (χ2n) is 15.3. The molecular formula is C38H47NO18. The van der Waals surface area contributed by atoms with E-state index >= 15 is 0 Å². The number of ether oxygens (including phenoxy) is 9. The van der Waals surface area contributed by atoms with Gasteiger partial charge in [-0.1, -0.05) is 13.8 Å². The number of pyridine rings is 1. The molecule has 2 unspecified atom stereocenters. The summed E-state index contributed by atoms with van der Waals surface area (Å²) in [4.78, 5) is 111. The molecule has 3 fully saturated rings. The van der Waals surface area contributed by atoms with Gasteiger partial charge in [0.15, 0.2) is 30.0 Å². The Balaban J connectivity index is 2.01. The van der Waals surface area contributed by atoms with Crippen molar-refractivity contribution in [1.29, 1.82) is 0 Å². The summed E-state index contributed by atoms with van der Waals surface area (Å²) in [6, 6.07) is 2.89. The molecule has 4 aliphatic rings. The van der Waals surface area contributed by atoms with Gasteiger partial charge in [0.1, 0.15) is 42.0 Å². The third-order valence-corrected chi connectivity index (χ3v) is 11.4. The highest BCUT2D eigenvalue weighted by atomic mass is 16.7. The van der Waals surface area contributed by atoms with Gasteiger partial charge in [-0.15, -0.1) is 0 Å². The first kappa shape index (κ1) is 43.0. The van der Waals surface area contributed by atoms with E-state index in [4.69, 9.17) is 42.6 Å². The van der Waals surface area contributed by atoms with Crippen LogP contribution in [-0.2, 0) is 76.2 Å².